The van der Waals surface area contributed by atoms with Gasteiger partial charge in [-0.2, -0.15) is 23.5 Å². The highest BCUT2D eigenvalue weighted by Crippen LogP contribution is 2.38. The molecule has 13 heteroatoms. The maximum atomic E-state index is 12.8. The Morgan fingerprint density at radius 1 is 1.33 bits per heavy atom. The first-order chi connectivity index (χ1) is 18.2. The molecule has 1 aromatic carbocycles. The molecule has 1 saturated heterocycles. The van der Waals surface area contributed by atoms with Crippen LogP contribution >= 0.6 is 0 Å². The largest absolute Gasteiger partial charge is 0.458 e. The number of pyridine rings is 1. The Morgan fingerprint density at radius 3 is 2.59 bits per heavy atom. The Morgan fingerprint density at radius 2 is 2.03 bits per heavy atom. The van der Waals surface area contributed by atoms with Gasteiger partial charge in [0, 0.05) is 11.9 Å². The Labute approximate surface area is 221 Å². The van der Waals surface area contributed by atoms with Crippen LogP contribution in [0.1, 0.15) is 51.7 Å². The number of hydrogen-bond acceptors (Lipinski definition) is 8. The van der Waals surface area contributed by atoms with E-state index in [1.807, 2.05) is 0 Å². The molecule has 0 amide bonds. The minimum Gasteiger partial charge on any atom is -0.458 e. The van der Waals surface area contributed by atoms with Crippen molar-refractivity contribution in [1.82, 2.24) is 14.8 Å². The summed E-state index contributed by atoms with van der Waals surface area (Å²) in [7, 11) is 0. The molecule has 1 aliphatic heterocycles. The number of benzene rings is 1. The molecule has 1 aliphatic rings. The molecule has 1 fully saturated rings. The number of nitriles is 1. The number of esters is 1. The standard InChI is InChI=1S/C26H28F3N5O5/c1-24(2,3)39-23(37)18-8-10-25(11-12-30,14-38-18)34-17-9-13-31-22(36)19(17)21(33-34)32-16-6-4-15(5-7-16)20(35)26(27,28)29/h4-7,9,13,18,20,35H,8,10-11,14H2,1-3H3,(H,31,36)(H,32,33). The monoisotopic (exact) mass is 547 g/mol. The van der Waals surface area contributed by atoms with Gasteiger partial charge in [0.15, 0.2) is 18.0 Å². The zero-order valence-corrected chi connectivity index (χ0v) is 21.5. The van der Waals surface area contributed by atoms with Crippen LogP contribution < -0.4 is 10.9 Å². The summed E-state index contributed by atoms with van der Waals surface area (Å²) in [6.07, 6.45) is -6.25. The van der Waals surface area contributed by atoms with E-state index in [4.69, 9.17) is 9.47 Å². The molecule has 0 bridgehead atoms. The molecule has 3 aromatic rings. The van der Waals surface area contributed by atoms with Crippen molar-refractivity contribution >= 4 is 28.4 Å². The second-order valence-electron chi connectivity index (χ2n) is 10.4. The number of halogens is 3. The van der Waals surface area contributed by atoms with Crippen LogP contribution in [0.15, 0.2) is 41.3 Å². The van der Waals surface area contributed by atoms with Crippen LogP contribution in [0.3, 0.4) is 0 Å². The number of carbonyl (C=O) groups excluding carboxylic acids is 1. The topological polar surface area (TPSA) is 142 Å². The van der Waals surface area contributed by atoms with Gasteiger partial charge in [-0.25, -0.2) is 4.79 Å². The average molecular weight is 548 g/mol. The number of hydrogen-bond donors (Lipinski definition) is 3. The van der Waals surface area contributed by atoms with E-state index in [-0.39, 0.29) is 36.2 Å². The second-order valence-corrected chi connectivity index (χ2v) is 10.4. The zero-order chi connectivity index (χ0) is 28.6. The molecule has 0 spiro atoms. The number of H-pyrrole nitrogens is 1. The van der Waals surface area contributed by atoms with Crippen LogP contribution in [0.4, 0.5) is 24.7 Å². The maximum absolute atomic E-state index is 12.8. The van der Waals surface area contributed by atoms with E-state index >= 15 is 0 Å². The number of nitrogens with one attached hydrogen (secondary N) is 2. The zero-order valence-electron chi connectivity index (χ0n) is 21.5. The van der Waals surface area contributed by atoms with Gasteiger partial charge >= 0.3 is 12.1 Å². The highest BCUT2D eigenvalue weighted by atomic mass is 19.4. The fourth-order valence-corrected chi connectivity index (χ4v) is 4.49. The summed E-state index contributed by atoms with van der Waals surface area (Å²) in [5.41, 5.74) is -1.78. The van der Waals surface area contributed by atoms with E-state index in [0.29, 0.717) is 17.6 Å². The van der Waals surface area contributed by atoms with E-state index < -0.39 is 41.1 Å². The number of alkyl halides is 3. The van der Waals surface area contributed by atoms with Crippen LogP contribution in [0.2, 0.25) is 0 Å². The number of aromatic amines is 1. The van der Waals surface area contributed by atoms with Crippen molar-refractivity contribution in [2.24, 2.45) is 0 Å². The summed E-state index contributed by atoms with van der Waals surface area (Å²) in [5.74, 6) is -0.390. The van der Waals surface area contributed by atoms with Crippen molar-refractivity contribution in [3.63, 3.8) is 0 Å². The van der Waals surface area contributed by atoms with Crippen molar-refractivity contribution in [2.45, 2.75) is 69.6 Å². The van der Waals surface area contributed by atoms with Crippen molar-refractivity contribution in [3.05, 3.63) is 52.4 Å². The third-order valence-corrected chi connectivity index (χ3v) is 6.36. The average Bonchev–Trinajstić information content (AvgIpc) is 3.23. The lowest BCUT2D eigenvalue weighted by molar-refractivity contribution is -0.206. The van der Waals surface area contributed by atoms with E-state index in [2.05, 4.69) is 21.5 Å². The van der Waals surface area contributed by atoms with Crippen molar-refractivity contribution in [3.8, 4) is 6.07 Å². The number of anilines is 2. The van der Waals surface area contributed by atoms with Crippen LogP contribution in [0.25, 0.3) is 10.9 Å². The number of nitrogens with zero attached hydrogens (tertiary/aromatic N) is 3. The van der Waals surface area contributed by atoms with Crippen LogP contribution in [-0.2, 0) is 19.8 Å². The number of rotatable bonds is 6. The lowest BCUT2D eigenvalue weighted by Crippen LogP contribution is -2.47. The number of carbonyl (C=O) groups is 1. The van der Waals surface area contributed by atoms with Crippen molar-refractivity contribution in [2.75, 3.05) is 11.9 Å². The Hall–Kier alpha value is -3.89. The van der Waals surface area contributed by atoms with Gasteiger partial charge in [0.05, 0.1) is 30.2 Å². The molecular formula is C26H28F3N5O5. The van der Waals surface area contributed by atoms with Crippen LogP contribution in [0, 0.1) is 11.3 Å². The molecule has 2 aromatic heterocycles. The molecule has 0 radical (unpaired) electrons. The summed E-state index contributed by atoms with van der Waals surface area (Å²) in [6.45, 7) is 5.21. The Balaban J connectivity index is 1.66. The number of aliphatic hydroxyl groups is 1. The highest BCUT2D eigenvalue weighted by Gasteiger charge is 2.43. The fourth-order valence-electron chi connectivity index (χ4n) is 4.49. The number of aromatic nitrogens is 3. The number of aliphatic hydroxyl groups excluding tert-OH is 1. The second kappa shape index (κ2) is 10.3. The number of ether oxygens (including phenoxy) is 2. The Kier molecular flexibility index (Phi) is 7.46. The minimum absolute atomic E-state index is 0.0267. The van der Waals surface area contributed by atoms with Crippen molar-refractivity contribution in [1.29, 1.82) is 5.26 Å². The lowest BCUT2D eigenvalue weighted by atomic mass is 9.87. The third-order valence-electron chi connectivity index (χ3n) is 6.36. The van der Waals surface area contributed by atoms with Gasteiger partial charge in [-0.15, -0.1) is 0 Å². The van der Waals surface area contributed by atoms with Gasteiger partial charge < -0.3 is 24.9 Å². The smallest absolute Gasteiger partial charge is 0.418 e. The predicted octanol–water partition coefficient (Wildman–Crippen LogP) is 4.19. The van der Waals surface area contributed by atoms with E-state index in [1.165, 1.54) is 23.0 Å². The minimum atomic E-state index is -4.81. The van der Waals surface area contributed by atoms with Gasteiger partial charge in [-0.3, -0.25) is 9.48 Å². The third kappa shape index (κ3) is 5.91. The van der Waals surface area contributed by atoms with Crippen molar-refractivity contribution < 1.29 is 32.5 Å². The number of fused-ring (bicyclic) bond motifs is 1. The van der Waals surface area contributed by atoms with Crippen LogP contribution in [0.5, 0.6) is 0 Å². The molecule has 39 heavy (non-hydrogen) atoms. The summed E-state index contributed by atoms with van der Waals surface area (Å²) in [6, 6.07) is 8.66. The summed E-state index contributed by atoms with van der Waals surface area (Å²) >= 11 is 0. The fraction of sp³-hybridized carbons (Fsp3) is 0.462. The molecule has 3 unspecified atom stereocenters. The van der Waals surface area contributed by atoms with Gasteiger partial charge in [0.25, 0.3) is 5.56 Å². The molecule has 0 saturated carbocycles. The molecule has 0 aliphatic carbocycles. The molecule has 4 rings (SSSR count). The van der Waals surface area contributed by atoms with Gasteiger partial charge in [0.1, 0.15) is 11.0 Å². The van der Waals surface area contributed by atoms with E-state index in [9.17, 15) is 33.1 Å². The van der Waals surface area contributed by atoms with Gasteiger partial charge in [-0.1, -0.05) is 12.1 Å². The molecule has 3 heterocycles. The molecule has 10 nitrogen and oxygen atoms in total. The SMILES string of the molecule is CC(C)(C)OC(=O)C1CCC(CC#N)(n2nc(Nc3ccc(C(O)C(F)(F)F)cc3)c3c(=O)[nH]ccc32)CO1. The summed E-state index contributed by atoms with van der Waals surface area (Å²) in [5, 5.41) is 26.8. The van der Waals surface area contributed by atoms with Crippen LogP contribution in [-0.4, -0.2) is 50.3 Å². The van der Waals surface area contributed by atoms with E-state index in [1.54, 1.807) is 26.8 Å². The molecule has 3 N–H and O–H groups in total. The predicted molar refractivity (Wildman–Crippen MR) is 134 cm³/mol. The van der Waals surface area contributed by atoms with Gasteiger partial charge in [-0.05, 0) is 57.4 Å². The molecule has 208 valence electrons. The molecular weight excluding hydrogens is 519 g/mol. The quantitative estimate of drug-likeness (QED) is 0.390. The molecule has 3 atom stereocenters. The first kappa shape index (κ1) is 28.1. The summed E-state index contributed by atoms with van der Waals surface area (Å²) < 4.78 is 51.4. The van der Waals surface area contributed by atoms with E-state index in [0.717, 1.165) is 12.1 Å². The normalized spacial score (nSPS) is 20.8. The Bertz CT molecular complexity index is 1440. The first-order valence-electron chi connectivity index (χ1n) is 12.2. The highest BCUT2D eigenvalue weighted by molar-refractivity contribution is 5.91. The maximum Gasteiger partial charge on any atom is 0.418 e. The lowest BCUT2D eigenvalue weighted by Gasteiger charge is -2.39. The summed E-state index contributed by atoms with van der Waals surface area (Å²) in [4.78, 5) is 27.9. The van der Waals surface area contributed by atoms with Gasteiger partial charge in [0.2, 0.25) is 0 Å². The first-order valence-corrected chi connectivity index (χ1v) is 12.2.